The molecule has 0 bridgehead atoms. The lowest BCUT2D eigenvalue weighted by atomic mass is 9.78. The van der Waals surface area contributed by atoms with Crippen molar-refractivity contribution in [2.75, 3.05) is 13.7 Å². The van der Waals surface area contributed by atoms with Gasteiger partial charge in [0.15, 0.2) is 6.61 Å². The standard InChI is InChI=1S/C23H27NO4/c1-24(15-17-7-13-21(14-8-17)28-16-22(25)26)23(27)20-11-9-19(10-12-20)18-5-3-2-4-6-18/h2-8,13-14,19-20H,9-12,15-16H2,1H3,(H,25,26). The smallest absolute Gasteiger partial charge is 0.341 e. The SMILES string of the molecule is CN(Cc1ccc(OCC(=O)O)cc1)C(=O)C1CCC(c2ccccc2)CC1. The van der Waals surface area contributed by atoms with Crippen molar-refractivity contribution in [2.24, 2.45) is 5.92 Å². The number of carboxylic acid groups (broad SMARTS) is 1. The van der Waals surface area contributed by atoms with Gasteiger partial charge in [0.2, 0.25) is 5.91 Å². The van der Waals surface area contributed by atoms with Gasteiger partial charge in [0.05, 0.1) is 0 Å². The lowest BCUT2D eigenvalue weighted by Gasteiger charge is -2.31. The average molecular weight is 381 g/mol. The van der Waals surface area contributed by atoms with E-state index in [1.165, 1.54) is 5.56 Å². The van der Waals surface area contributed by atoms with Gasteiger partial charge in [0, 0.05) is 19.5 Å². The van der Waals surface area contributed by atoms with Crippen LogP contribution in [-0.2, 0) is 16.1 Å². The number of carbonyl (C=O) groups is 2. The Morgan fingerprint density at radius 1 is 1.00 bits per heavy atom. The van der Waals surface area contributed by atoms with Crippen LogP contribution in [0, 0.1) is 5.92 Å². The molecule has 2 aromatic rings. The zero-order chi connectivity index (χ0) is 19.9. The maximum atomic E-state index is 12.8. The molecule has 1 aliphatic rings. The maximum Gasteiger partial charge on any atom is 0.341 e. The molecular weight excluding hydrogens is 354 g/mol. The predicted octanol–water partition coefficient (Wildman–Crippen LogP) is 4.08. The molecule has 1 aliphatic carbocycles. The van der Waals surface area contributed by atoms with Gasteiger partial charge in [-0.3, -0.25) is 4.79 Å². The van der Waals surface area contributed by atoms with Gasteiger partial charge >= 0.3 is 5.97 Å². The van der Waals surface area contributed by atoms with Crippen LogP contribution in [0.3, 0.4) is 0 Å². The first-order valence-corrected chi connectivity index (χ1v) is 9.76. The number of aliphatic carboxylic acids is 1. The van der Waals surface area contributed by atoms with Crippen molar-refractivity contribution in [3.63, 3.8) is 0 Å². The number of nitrogens with zero attached hydrogens (tertiary/aromatic N) is 1. The van der Waals surface area contributed by atoms with E-state index in [0.717, 1.165) is 31.2 Å². The highest BCUT2D eigenvalue weighted by Crippen LogP contribution is 2.36. The van der Waals surface area contributed by atoms with Gasteiger partial charge < -0.3 is 14.7 Å². The van der Waals surface area contributed by atoms with E-state index in [4.69, 9.17) is 9.84 Å². The summed E-state index contributed by atoms with van der Waals surface area (Å²) in [6.07, 6.45) is 3.99. The molecule has 0 saturated heterocycles. The van der Waals surface area contributed by atoms with E-state index in [-0.39, 0.29) is 18.4 Å². The third-order valence-electron chi connectivity index (χ3n) is 5.43. The molecule has 1 amide bonds. The Morgan fingerprint density at radius 3 is 2.25 bits per heavy atom. The van der Waals surface area contributed by atoms with Crippen molar-refractivity contribution in [3.05, 3.63) is 65.7 Å². The van der Waals surface area contributed by atoms with Gasteiger partial charge in [0.25, 0.3) is 0 Å². The number of carboxylic acids is 1. The van der Waals surface area contributed by atoms with Gasteiger partial charge in [0.1, 0.15) is 5.75 Å². The number of benzene rings is 2. The van der Waals surface area contributed by atoms with Crippen molar-refractivity contribution in [2.45, 2.75) is 38.1 Å². The zero-order valence-corrected chi connectivity index (χ0v) is 16.2. The summed E-state index contributed by atoms with van der Waals surface area (Å²) in [5, 5.41) is 8.65. The predicted molar refractivity (Wildman–Crippen MR) is 107 cm³/mol. The van der Waals surface area contributed by atoms with Crippen LogP contribution in [0.15, 0.2) is 54.6 Å². The molecule has 148 valence electrons. The van der Waals surface area contributed by atoms with E-state index in [2.05, 4.69) is 24.3 Å². The zero-order valence-electron chi connectivity index (χ0n) is 16.2. The van der Waals surface area contributed by atoms with Gasteiger partial charge in [-0.05, 0) is 54.9 Å². The molecule has 0 heterocycles. The Hall–Kier alpha value is -2.82. The van der Waals surface area contributed by atoms with Crippen LogP contribution in [0.4, 0.5) is 0 Å². The summed E-state index contributed by atoms with van der Waals surface area (Å²) in [7, 11) is 1.85. The highest BCUT2D eigenvalue weighted by Gasteiger charge is 2.28. The van der Waals surface area contributed by atoms with Crippen LogP contribution in [0.25, 0.3) is 0 Å². The molecule has 0 atom stereocenters. The Labute approximate surface area is 165 Å². The minimum Gasteiger partial charge on any atom is -0.482 e. The molecule has 28 heavy (non-hydrogen) atoms. The second-order valence-corrected chi connectivity index (χ2v) is 7.48. The number of ether oxygens (including phenoxy) is 1. The minimum atomic E-state index is -1.00. The number of rotatable bonds is 7. The monoisotopic (exact) mass is 381 g/mol. The number of carbonyl (C=O) groups excluding carboxylic acids is 1. The van der Waals surface area contributed by atoms with Gasteiger partial charge in [-0.2, -0.15) is 0 Å². The largest absolute Gasteiger partial charge is 0.482 e. The van der Waals surface area contributed by atoms with Crippen LogP contribution in [0.2, 0.25) is 0 Å². The summed E-state index contributed by atoms with van der Waals surface area (Å²) in [4.78, 5) is 25.2. The summed E-state index contributed by atoms with van der Waals surface area (Å²) in [5.74, 6) is 0.380. The Bertz CT molecular complexity index is 780. The van der Waals surface area contributed by atoms with E-state index in [1.807, 2.05) is 25.2 Å². The first-order chi connectivity index (χ1) is 13.5. The first kappa shape index (κ1) is 19.9. The van der Waals surface area contributed by atoms with E-state index in [1.54, 1.807) is 17.0 Å². The molecule has 1 fully saturated rings. The second-order valence-electron chi connectivity index (χ2n) is 7.48. The number of hydrogen-bond acceptors (Lipinski definition) is 3. The highest BCUT2D eigenvalue weighted by molar-refractivity contribution is 5.78. The van der Waals surface area contributed by atoms with Crippen molar-refractivity contribution < 1.29 is 19.4 Å². The van der Waals surface area contributed by atoms with E-state index in [9.17, 15) is 9.59 Å². The summed E-state index contributed by atoms with van der Waals surface area (Å²) >= 11 is 0. The van der Waals surface area contributed by atoms with Crippen LogP contribution < -0.4 is 4.74 Å². The Balaban J connectivity index is 1.49. The molecule has 1 saturated carbocycles. The molecule has 0 spiro atoms. The second kappa shape index (κ2) is 9.40. The number of hydrogen-bond donors (Lipinski definition) is 1. The quantitative estimate of drug-likeness (QED) is 0.785. The first-order valence-electron chi connectivity index (χ1n) is 9.76. The van der Waals surface area contributed by atoms with Crippen LogP contribution >= 0.6 is 0 Å². The number of amides is 1. The summed E-state index contributed by atoms with van der Waals surface area (Å²) in [6, 6.07) is 17.8. The van der Waals surface area contributed by atoms with E-state index < -0.39 is 5.97 Å². The van der Waals surface area contributed by atoms with Gasteiger partial charge in [-0.15, -0.1) is 0 Å². The molecule has 2 aromatic carbocycles. The average Bonchev–Trinajstić information content (AvgIpc) is 2.73. The van der Waals surface area contributed by atoms with Crippen LogP contribution in [0.5, 0.6) is 5.75 Å². The third kappa shape index (κ3) is 5.35. The fourth-order valence-corrected chi connectivity index (χ4v) is 3.90. The normalized spacial score (nSPS) is 19.0. The van der Waals surface area contributed by atoms with Crippen molar-refractivity contribution in [1.29, 1.82) is 0 Å². The molecule has 5 nitrogen and oxygen atoms in total. The van der Waals surface area contributed by atoms with Crippen molar-refractivity contribution >= 4 is 11.9 Å². The fourth-order valence-electron chi connectivity index (χ4n) is 3.90. The summed E-state index contributed by atoms with van der Waals surface area (Å²) in [6.45, 7) is 0.181. The molecule has 0 radical (unpaired) electrons. The fraction of sp³-hybridized carbons (Fsp3) is 0.391. The Kier molecular flexibility index (Phi) is 6.69. The molecule has 0 unspecified atom stereocenters. The van der Waals surface area contributed by atoms with E-state index in [0.29, 0.717) is 18.2 Å². The van der Waals surface area contributed by atoms with Gasteiger partial charge in [-0.25, -0.2) is 4.79 Å². The van der Waals surface area contributed by atoms with Crippen molar-refractivity contribution in [3.8, 4) is 5.75 Å². The van der Waals surface area contributed by atoms with Crippen LogP contribution in [-0.4, -0.2) is 35.5 Å². The third-order valence-corrected chi connectivity index (χ3v) is 5.43. The lowest BCUT2D eigenvalue weighted by molar-refractivity contribution is -0.139. The minimum absolute atomic E-state index is 0.100. The summed E-state index contributed by atoms with van der Waals surface area (Å²) < 4.78 is 5.14. The molecular formula is C23H27NO4. The highest BCUT2D eigenvalue weighted by atomic mass is 16.5. The van der Waals surface area contributed by atoms with Crippen LogP contribution in [0.1, 0.15) is 42.7 Å². The lowest BCUT2D eigenvalue weighted by Crippen LogP contribution is -2.34. The molecule has 0 aliphatic heterocycles. The molecule has 0 aromatic heterocycles. The molecule has 1 N–H and O–H groups in total. The van der Waals surface area contributed by atoms with Crippen molar-refractivity contribution in [1.82, 2.24) is 4.90 Å². The molecule has 5 heteroatoms. The van der Waals surface area contributed by atoms with Gasteiger partial charge in [-0.1, -0.05) is 42.5 Å². The topological polar surface area (TPSA) is 66.8 Å². The maximum absolute atomic E-state index is 12.8. The molecule has 3 rings (SSSR count). The van der Waals surface area contributed by atoms with E-state index >= 15 is 0 Å². The summed E-state index contributed by atoms with van der Waals surface area (Å²) in [5.41, 5.74) is 2.38. The Morgan fingerprint density at radius 2 is 1.64 bits per heavy atom.